The van der Waals surface area contributed by atoms with E-state index in [0.717, 1.165) is 37.0 Å². The zero-order valence-electron chi connectivity index (χ0n) is 14.9. The van der Waals surface area contributed by atoms with Gasteiger partial charge < -0.3 is 9.26 Å². The summed E-state index contributed by atoms with van der Waals surface area (Å²) in [7, 11) is 0. The molecule has 1 unspecified atom stereocenters. The summed E-state index contributed by atoms with van der Waals surface area (Å²) >= 11 is 0. The van der Waals surface area contributed by atoms with E-state index >= 15 is 0 Å². The third-order valence-electron chi connectivity index (χ3n) is 4.38. The molecule has 5 heteroatoms. The monoisotopic (exact) mass is 329 g/mol. The Morgan fingerprint density at radius 2 is 2.08 bits per heavy atom. The normalized spacial score (nSPS) is 18.4. The fraction of sp³-hybridized carbons (Fsp3) is 0.579. The highest BCUT2D eigenvalue weighted by atomic mass is 16.5. The number of hydrogen-bond acceptors (Lipinski definition) is 5. The van der Waals surface area contributed by atoms with Gasteiger partial charge in [-0.15, -0.1) is 0 Å². The number of nitrogens with zero attached hydrogens (tertiary/aromatic N) is 3. The first-order valence-corrected chi connectivity index (χ1v) is 8.94. The van der Waals surface area contributed by atoms with Gasteiger partial charge in [-0.1, -0.05) is 31.1 Å². The van der Waals surface area contributed by atoms with Crippen molar-refractivity contribution in [1.82, 2.24) is 15.0 Å². The van der Waals surface area contributed by atoms with E-state index in [1.165, 1.54) is 18.4 Å². The molecule has 1 aromatic heterocycles. The van der Waals surface area contributed by atoms with E-state index in [2.05, 4.69) is 53.2 Å². The van der Waals surface area contributed by atoms with Crippen LogP contribution in [0.3, 0.4) is 0 Å². The van der Waals surface area contributed by atoms with Gasteiger partial charge >= 0.3 is 0 Å². The standard InChI is InChI=1S/C19H27N3O2/c1-4-23-16-9-7-15(8-10-16)17-6-5-11-22(17)13-19-20-18(21-24-19)12-14(2)3/h7-10,14,17H,4-6,11-13H2,1-3H3. The van der Waals surface area contributed by atoms with Crippen LogP contribution in [0.2, 0.25) is 0 Å². The quantitative estimate of drug-likeness (QED) is 0.768. The predicted molar refractivity (Wildman–Crippen MR) is 92.8 cm³/mol. The topological polar surface area (TPSA) is 51.4 Å². The van der Waals surface area contributed by atoms with Gasteiger partial charge in [0, 0.05) is 12.5 Å². The largest absolute Gasteiger partial charge is 0.494 e. The molecule has 5 nitrogen and oxygen atoms in total. The van der Waals surface area contributed by atoms with Gasteiger partial charge in [-0.25, -0.2) is 0 Å². The number of likely N-dealkylation sites (tertiary alicyclic amines) is 1. The van der Waals surface area contributed by atoms with Crippen molar-refractivity contribution in [2.75, 3.05) is 13.2 Å². The van der Waals surface area contributed by atoms with Crippen molar-refractivity contribution in [1.29, 1.82) is 0 Å². The minimum Gasteiger partial charge on any atom is -0.494 e. The van der Waals surface area contributed by atoms with E-state index in [4.69, 9.17) is 9.26 Å². The number of aromatic nitrogens is 2. The number of hydrogen-bond donors (Lipinski definition) is 0. The Morgan fingerprint density at radius 3 is 2.79 bits per heavy atom. The molecular formula is C19H27N3O2. The first-order valence-electron chi connectivity index (χ1n) is 8.94. The molecule has 1 atom stereocenters. The molecule has 130 valence electrons. The Balaban J connectivity index is 1.65. The maximum absolute atomic E-state index is 5.53. The zero-order valence-corrected chi connectivity index (χ0v) is 14.9. The highest BCUT2D eigenvalue weighted by Crippen LogP contribution is 2.33. The zero-order chi connectivity index (χ0) is 16.9. The molecule has 0 N–H and O–H groups in total. The van der Waals surface area contributed by atoms with Gasteiger partial charge in [-0.05, 0) is 49.9 Å². The van der Waals surface area contributed by atoms with Gasteiger partial charge in [-0.2, -0.15) is 4.98 Å². The molecule has 1 fully saturated rings. The van der Waals surface area contributed by atoms with Crippen molar-refractivity contribution in [2.45, 2.75) is 52.6 Å². The maximum Gasteiger partial charge on any atom is 0.240 e. The highest BCUT2D eigenvalue weighted by molar-refractivity contribution is 5.29. The van der Waals surface area contributed by atoms with Crippen molar-refractivity contribution in [3.8, 4) is 5.75 Å². The number of ether oxygens (including phenoxy) is 1. The van der Waals surface area contributed by atoms with Crippen molar-refractivity contribution in [2.24, 2.45) is 5.92 Å². The number of benzene rings is 1. The van der Waals surface area contributed by atoms with Crippen LogP contribution in [-0.2, 0) is 13.0 Å². The van der Waals surface area contributed by atoms with Crippen LogP contribution in [0.25, 0.3) is 0 Å². The molecule has 0 radical (unpaired) electrons. The molecule has 2 heterocycles. The van der Waals surface area contributed by atoms with Crippen LogP contribution in [0.5, 0.6) is 5.75 Å². The van der Waals surface area contributed by atoms with E-state index in [0.29, 0.717) is 18.6 Å². The molecule has 0 bridgehead atoms. The van der Waals surface area contributed by atoms with Gasteiger partial charge in [0.05, 0.1) is 13.2 Å². The van der Waals surface area contributed by atoms with E-state index in [-0.39, 0.29) is 0 Å². The van der Waals surface area contributed by atoms with E-state index < -0.39 is 0 Å². The molecule has 0 saturated carbocycles. The molecule has 1 saturated heterocycles. The van der Waals surface area contributed by atoms with Crippen LogP contribution in [0, 0.1) is 5.92 Å². The minimum absolute atomic E-state index is 0.418. The lowest BCUT2D eigenvalue weighted by Crippen LogP contribution is -2.23. The summed E-state index contributed by atoms with van der Waals surface area (Å²) in [6.45, 7) is 8.83. The lowest BCUT2D eigenvalue weighted by molar-refractivity contribution is 0.212. The van der Waals surface area contributed by atoms with Crippen molar-refractivity contribution >= 4 is 0 Å². The Bertz CT molecular complexity index is 636. The second-order valence-electron chi connectivity index (χ2n) is 6.83. The Labute approximate surface area is 144 Å². The average molecular weight is 329 g/mol. The van der Waals surface area contributed by atoms with Gasteiger partial charge in [0.2, 0.25) is 5.89 Å². The fourth-order valence-corrected chi connectivity index (χ4v) is 3.32. The second kappa shape index (κ2) is 7.79. The Hall–Kier alpha value is -1.88. The molecular weight excluding hydrogens is 302 g/mol. The molecule has 0 spiro atoms. The number of rotatable bonds is 7. The molecule has 1 aliphatic heterocycles. The minimum atomic E-state index is 0.418. The van der Waals surface area contributed by atoms with Crippen LogP contribution in [-0.4, -0.2) is 28.2 Å². The van der Waals surface area contributed by atoms with Crippen molar-refractivity contribution < 1.29 is 9.26 Å². The Morgan fingerprint density at radius 1 is 1.29 bits per heavy atom. The molecule has 24 heavy (non-hydrogen) atoms. The second-order valence-corrected chi connectivity index (χ2v) is 6.83. The van der Waals surface area contributed by atoms with Crippen molar-refractivity contribution in [3.05, 3.63) is 41.5 Å². The van der Waals surface area contributed by atoms with Crippen LogP contribution < -0.4 is 4.74 Å². The summed E-state index contributed by atoms with van der Waals surface area (Å²) in [4.78, 5) is 6.97. The highest BCUT2D eigenvalue weighted by Gasteiger charge is 2.27. The summed E-state index contributed by atoms with van der Waals surface area (Å²) in [5, 5.41) is 4.10. The molecule has 1 aromatic carbocycles. The fourth-order valence-electron chi connectivity index (χ4n) is 3.32. The van der Waals surface area contributed by atoms with Gasteiger partial charge in [0.25, 0.3) is 0 Å². The van der Waals surface area contributed by atoms with Crippen LogP contribution >= 0.6 is 0 Å². The lowest BCUT2D eigenvalue weighted by atomic mass is 10.0. The smallest absolute Gasteiger partial charge is 0.240 e. The first-order chi connectivity index (χ1) is 11.7. The Kier molecular flexibility index (Phi) is 5.51. The first kappa shape index (κ1) is 17.0. The summed E-state index contributed by atoms with van der Waals surface area (Å²) in [6.07, 6.45) is 3.23. The predicted octanol–water partition coefficient (Wildman–Crippen LogP) is 4.00. The maximum atomic E-state index is 5.53. The van der Waals surface area contributed by atoms with Gasteiger partial charge in [-0.3, -0.25) is 4.90 Å². The van der Waals surface area contributed by atoms with Crippen molar-refractivity contribution in [3.63, 3.8) is 0 Å². The van der Waals surface area contributed by atoms with Crippen LogP contribution in [0.15, 0.2) is 28.8 Å². The lowest BCUT2D eigenvalue weighted by Gasteiger charge is -2.23. The SMILES string of the molecule is CCOc1ccc(C2CCCN2Cc2nc(CC(C)C)no2)cc1. The molecule has 3 rings (SSSR count). The van der Waals surface area contributed by atoms with E-state index in [9.17, 15) is 0 Å². The van der Waals surface area contributed by atoms with Gasteiger partial charge in [0.15, 0.2) is 5.82 Å². The third kappa shape index (κ3) is 4.15. The van der Waals surface area contributed by atoms with Gasteiger partial charge in [0.1, 0.15) is 5.75 Å². The van der Waals surface area contributed by atoms with E-state index in [1.54, 1.807) is 0 Å². The summed E-state index contributed by atoms with van der Waals surface area (Å²) in [5.41, 5.74) is 1.33. The summed E-state index contributed by atoms with van der Waals surface area (Å²) < 4.78 is 11.0. The summed E-state index contributed by atoms with van der Waals surface area (Å²) in [5.74, 6) is 3.01. The summed E-state index contributed by atoms with van der Waals surface area (Å²) in [6, 6.07) is 8.88. The van der Waals surface area contributed by atoms with E-state index in [1.807, 2.05) is 6.92 Å². The third-order valence-corrected chi connectivity index (χ3v) is 4.38. The molecule has 2 aromatic rings. The molecule has 0 aliphatic carbocycles. The average Bonchev–Trinajstić information content (AvgIpc) is 3.18. The molecule has 1 aliphatic rings. The molecule has 0 amide bonds. The van der Waals surface area contributed by atoms with Crippen LogP contribution in [0.4, 0.5) is 0 Å². The van der Waals surface area contributed by atoms with Crippen LogP contribution in [0.1, 0.15) is 56.9 Å².